The maximum absolute atomic E-state index is 14.0. The number of carbonyl (C=O) groups excluding carboxylic acids is 3. The van der Waals surface area contributed by atoms with Crippen LogP contribution in [0.4, 0.5) is 30.7 Å². The van der Waals surface area contributed by atoms with Crippen LogP contribution in [0.3, 0.4) is 0 Å². The van der Waals surface area contributed by atoms with Gasteiger partial charge in [-0.3, -0.25) is 14.4 Å². The summed E-state index contributed by atoms with van der Waals surface area (Å²) < 4.78 is 102. The Morgan fingerprint density at radius 3 is 2.45 bits per heavy atom. The molecule has 0 unspecified atom stereocenters. The largest absolute Gasteiger partial charge is 0.408 e. The van der Waals surface area contributed by atoms with Crippen molar-refractivity contribution in [3.63, 3.8) is 0 Å². The first-order valence-electron chi connectivity index (χ1n) is 14.9. The number of hydrogen-bond donors (Lipinski definition) is 3. The molecule has 3 amide bonds. The molecule has 6 rings (SSSR count). The van der Waals surface area contributed by atoms with Gasteiger partial charge in [0.15, 0.2) is 11.3 Å². The lowest BCUT2D eigenvalue weighted by Crippen LogP contribution is -2.58. The third kappa shape index (κ3) is 6.74. The molecule has 0 bridgehead atoms. The van der Waals surface area contributed by atoms with E-state index in [1.165, 1.54) is 23.0 Å². The Morgan fingerprint density at radius 1 is 1.13 bits per heavy atom. The number of rotatable bonds is 9. The molecule has 12 nitrogen and oxygen atoms in total. The standard InChI is InChI=1S/C28H29F7N8O4/c1-25(29,30)23(45)40-26(10-17(28(33,34)35)38-24(26)46)9-13-8-18-37-16(12-43(18)36-11-13)19(15-4-6-27(31,32)7-5-15)39-22(44)21-20(14-2-3-14)41-47-42-21/h8,11-12,14-15,17,19H,2-7,9-10H2,1H3,(H,38,46)(H,39,44)(H,40,45)/t17-,19-,26+/m0/s1. The van der Waals surface area contributed by atoms with Gasteiger partial charge in [-0.25, -0.2) is 22.9 Å². The number of carbonyl (C=O) groups is 3. The van der Waals surface area contributed by atoms with Gasteiger partial charge in [0, 0.05) is 38.5 Å². The van der Waals surface area contributed by atoms with Crippen molar-refractivity contribution in [1.29, 1.82) is 0 Å². The van der Waals surface area contributed by atoms with Gasteiger partial charge in [-0.15, -0.1) is 0 Å². The van der Waals surface area contributed by atoms with Crippen LogP contribution in [0.15, 0.2) is 23.1 Å². The highest BCUT2D eigenvalue weighted by molar-refractivity contribution is 5.96. The van der Waals surface area contributed by atoms with E-state index < -0.39 is 85.0 Å². The number of nitrogens with zero attached hydrogens (tertiary/aromatic N) is 5. The highest BCUT2D eigenvalue weighted by Gasteiger charge is 2.57. The van der Waals surface area contributed by atoms with Crippen molar-refractivity contribution in [1.82, 2.24) is 40.9 Å². The molecule has 0 aromatic carbocycles. The van der Waals surface area contributed by atoms with Crippen molar-refractivity contribution in [3.8, 4) is 0 Å². The van der Waals surface area contributed by atoms with Crippen molar-refractivity contribution in [2.24, 2.45) is 5.92 Å². The van der Waals surface area contributed by atoms with Crippen LogP contribution < -0.4 is 16.0 Å². The molecule has 3 aliphatic rings. The summed E-state index contributed by atoms with van der Waals surface area (Å²) in [6, 6.07) is -1.95. The van der Waals surface area contributed by atoms with Crippen LogP contribution in [0.2, 0.25) is 0 Å². The molecule has 3 aromatic heterocycles. The van der Waals surface area contributed by atoms with Crippen LogP contribution in [0, 0.1) is 5.92 Å². The summed E-state index contributed by atoms with van der Waals surface area (Å²) in [7, 11) is 0. The molecule has 47 heavy (non-hydrogen) atoms. The van der Waals surface area contributed by atoms with Crippen molar-refractivity contribution in [3.05, 3.63) is 41.1 Å². The zero-order valence-corrected chi connectivity index (χ0v) is 24.7. The van der Waals surface area contributed by atoms with Gasteiger partial charge in [-0.2, -0.15) is 27.1 Å². The molecular formula is C28H29F7N8O4. The average Bonchev–Trinajstić information content (AvgIpc) is 3.39. The maximum atomic E-state index is 14.0. The molecule has 1 aliphatic heterocycles. The smallest absolute Gasteiger partial charge is 0.342 e. The number of imidazole rings is 1. The van der Waals surface area contributed by atoms with Gasteiger partial charge in [0.25, 0.3) is 11.8 Å². The fourth-order valence-electron chi connectivity index (χ4n) is 6.16. The first kappa shape index (κ1) is 32.6. The Bertz CT molecular complexity index is 1690. The topological polar surface area (TPSA) is 156 Å². The Hall–Kier alpha value is -4.32. The number of halogens is 7. The second kappa shape index (κ2) is 11.4. The lowest BCUT2D eigenvalue weighted by molar-refractivity contribution is -0.155. The molecule has 0 radical (unpaired) electrons. The molecule has 2 saturated carbocycles. The molecular weight excluding hydrogens is 645 g/mol. The summed E-state index contributed by atoms with van der Waals surface area (Å²) in [6.07, 6.45) is -3.11. The number of aromatic nitrogens is 5. The minimum absolute atomic E-state index is 0.0247. The van der Waals surface area contributed by atoms with Gasteiger partial charge in [-0.05, 0) is 48.4 Å². The number of hydrogen-bond acceptors (Lipinski definition) is 8. The van der Waals surface area contributed by atoms with Crippen LogP contribution in [0.5, 0.6) is 0 Å². The zero-order chi connectivity index (χ0) is 33.9. The van der Waals surface area contributed by atoms with Crippen LogP contribution in [-0.2, 0) is 16.0 Å². The van der Waals surface area contributed by atoms with Gasteiger partial charge in [-0.1, -0.05) is 5.16 Å². The highest BCUT2D eigenvalue weighted by atomic mass is 19.4. The van der Waals surface area contributed by atoms with Gasteiger partial charge >= 0.3 is 12.1 Å². The van der Waals surface area contributed by atoms with Crippen molar-refractivity contribution < 1.29 is 49.7 Å². The third-order valence-corrected chi connectivity index (χ3v) is 8.87. The normalized spacial score (nSPS) is 24.3. The van der Waals surface area contributed by atoms with E-state index in [1.807, 2.05) is 5.32 Å². The Labute approximate surface area is 261 Å². The molecule has 1 saturated heterocycles. The summed E-state index contributed by atoms with van der Waals surface area (Å²) >= 11 is 0. The summed E-state index contributed by atoms with van der Waals surface area (Å²) in [5.41, 5.74) is -1.63. The third-order valence-electron chi connectivity index (χ3n) is 8.87. The van der Waals surface area contributed by atoms with Crippen LogP contribution >= 0.6 is 0 Å². The van der Waals surface area contributed by atoms with Crippen molar-refractivity contribution in [2.45, 2.75) is 99.9 Å². The van der Waals surface area contributed by atoms with Gasteiger partial charge in [0.05, 0.1) is 24.1 Å². The van der Waals surface area contributed by atoms with Crippen molar-refractivity contribution >= 4 is 23.4 Å². The van der Waals surface area contributed by atoms with Gasteiger partial charge in [0.2, 0.25) is 11.8 Å². The molecule has 3 N–H and O–H groups in total. The minimum atomic E-state index is -4.92. The van der Waals surface area contributed by atoms with E-state index in [2.05, 4.69) is 25.7 Å². The fraction of sp³-hybridized carbons (Fsp3) is 0.607. The first-order chi connectivity index (χ1) is 21.9. The van der Waals surface area contributed by atoms with E-state index in [0.29, 0.717) is 5.69 Å². The van der Waals surface area contributed by atoms with Crippen molar-refractivity contribution in [2.75, 3.05) is 0 Å². The second-order valence-corrected chi connectivity index (χ2v) is 12.6. The summed E-state index contributed by atoms with van der Waals surface area (Å²) in [5.74, 6) is -11.2. The average molecular weight is 675 g/mol. The van der Waals surface area contributed by atoms with E-state index in [-0.39, 0.29) is 48.3 Å². The quantitative estimate of drug-likeness (QED) is 0.290. The van der Waals surface area contributed by atoms with Crippen LogP contribution in [0.1, 0.15) is 91.3 Å². The zero-order valence-electron chi connectivity index (χ0n) is 24.7. The molecule has 2 aliphatic carbocycles. The Kier molecular flexibility index (Phi) is 7.93. The van der Waals surface area contributed by atoms with E-state index in [4.69, 9.17) is 4.63 Å². The lowest BCUT2D eigenvalue weighted by atomic mass is 9.81. The highest BCUT2D eigenvalue weighted by Crippen LogP contribution is 2.43. The predicted molar refractivity (Wildman–Crippen MR) is 144 cm³/mol. The van der Waals surface area contributed by atoms with Gasteiger partial charge in [0.1, 0.15) is 17.3 Å². The summed E-state index contributed by atoms with van der Waals surface area (Å²) in [6.45, 7) is 0.248. The summed E-state index contributed by atoms with van der Waals surface area (Å²) in [5, 5.41) is 18.1. The van der Waals surface area contributed by atoms with Crippen LogP contribution in [-0.4, -0.2) is 72.2 Å². The molecule has 0 spiro atoms. The number of nitrogens with one attached hydrogen (secondary N) is 3. The monoisotopic (exact) mass is 674 g/mol. The SMILES string of the molecule is CC(F)(F)C(=O)N[C@]1(Cc2cnn3cc([C@@H](NC(=O)c4nonc4C4CC4)C4CCC(F)(F)CC4)nc3c2)C[C@@H](C(F)(F)F)NC1=O. The first-order valence-corrected chi connectivity index (χ1v) is 14.9. The van der Waals surface area contributed by atoms with E-state index in [9.17, 15) is 45.1 Å². The number of amides is 3. The second-order valence-electron chi connectivity index (χ2n) is 12.6. The van der Waals surface area contributed by atoms with E-state index in [1.54, 1.807) is 5.32 Å². The van der Waals surface area contributed by atoms with Crippen LogP contribution in [0.25, 0.3) is 5.65 Å². The van der Waals surface area contributed by atoms with Gasteiger partial charge < -0.3 is 16.0 Å². The molecule has 4 heterocycles. The minimum Gasteiger partial charge on any atom is -0.342 e. The number of fused-ring (bicyclic) bond motifs is 1. The predicted octanol–water partition coefficient (Wildman–Crippen LogP) is 3.79. The molecule has 3 fully saturated rings. The maximum Gasteiger partial charge on any atom is 0.408 e. The molecule has 19 heteroatoms. The Balaban J connectivity index is 1.30. The summed E-state index contributed by atoms with van der Waals surface area (Å²) in [4.78, 5) is 42.9. The van der Waals surface area contributed by atoms with E-state index >= 15 is 0 Å². The molecule has 254 valence electrons. The Morgan fingerprint density at radius 2 is 1.83 bits per heavy atom. The number of alkyl halides is 7. The van der Waals surface area contributed by atoms with E-state index in [0.717, 1.165) is 12.8 Å². The fourth-order valence-corrected chi connectivity index (χ4v) is 6.16. The molecule has 3 aromatic rings. The lowest BCUT2D eigenvalue weighted by Gasteiger charge is -2.33. The molecule has 3 atom stereocenters.